The lowest BCUT2D eigenvalue weighted by atomic mass is 9.96. The fourth-order valence-corrected chi connectivity index (χ4v) is 5.94. The Morgan fingerprint density at radius 1 is 1.30 bits per heavy atom. The summed E-state index contributed by atoms with van der Waals surface area (Å²) >= 11 is 1.27. The Labute approximate surface area is 168 Å². The van der Waals surface area contributed by atoms with E-state index in [0.29, 0.717) is 15.9 Å². The molecule has 0 bridgehead atoms. The van der Waals surface area contributed by atoms with Crippen molar-refractivity contribution < 1.29 is 19.4 Å². The molecule has 0 saturated heterocycles. The van der Waals surface area contributed by atoms with Gasteiger partial charge in [-0.3, -0.25) is 4.79 Å². The van der Waals surface area contributed by atoms with Crippen LogP contribution in [-0.2, 0) is 9.22 Å². The molecular weight excluding hydrogens is 380 g/mol. The van der Waals surface area contributed by atoms with E-state index in [9.17, 15) is 15.0 Å². The first kappa shape index (κ1) is 24.2. The maximum atomic E-state index is 12.2. The van der Waals surface area contributed by atoms with E-state index in [2.05, 4.69) is 51.1 Å². The summed E-state index contributed by atoms with van der Waals surface area (Å²) in [4.78, 5) is 17.1. The number of aromatic nitrogens is 1. The van der Waals surface area contributed by atoms with Gasteiger partial charge in [0, 0.05) is 11.6 Å². The maximum Gasteiger partial charge on any atom is 0.231 e. The van der Waals surface area contributed by atoms with Crippen LogP contribution in [0.15, 0.2) is 6.20 Å². The normalized spacial score (nSPS) is 15.7. The molecule has 0 aliphatic heterocycles. The molecule has 2 atom stereocenters. The number of aliphatic hydroxyl groups is 2. The van der Waals surface area contributed by atoms with E-state index in [1.165, 1.54) is 11.3 Å². The fraction of sp³-hybridized carbons (Fsp3) is 0.789. The zero-order valence-corrected chi connectivity index (χ0v) is 19.9. The largest absolute Gasteiger partial charge is 0.406 e. The zero-order chi connectivity index (χ0) is 21.2. The number of anilines is 1. The molecule has 0 fully saturated rings. The summed E-state index contributed by atoms with van der Waals surface area (Å²) < 4.78 is 6.47. The van der Waals surface area contributed by atoms with E-state index in [0.717, 1.165) is 0 Å². The van der Waals surface area contributed by atoms with E-state index in [4.69, 9.17) is 4.43 Å². The second kappa shape index (κ2) is 8.69. The van der Waals surface area contributed by atoms with Crippen LogP contribution in [0.5, 0.6) is 0 Å². The van der Waals surface area contributed by atoms with E-state index in [-0.39, 0.29) is 10.9 Å². The van der Waals surface area contributed by atoms with Crippen molar-refractivity contribution in [1.82, 2.24) is 4.98 Å². The van der Waals surface area contributed by atoms with Crippen LogP contribution in [0.2, 0.25) is 18.1 Å². The minimum Gasteiger partial charge on any atom is -0.406 e. The average Bonchev–Trinajstić information content (AvgIpc) is 2.98. The van der Waals surface area contributed by atoms with E-state index in [1.54, 1.807) is 6.20 Å². The highest BCUT2D eigenvalue weighted by molar-refractivity contribution is 7.15. The summed E-state index contributed by atoms with van der Waals surface area (Å²) in [5.41, 5.74) is -0.525. The molecule has 1 aromatic rings. The van der Waals surface area contributed by atoms with Gasteiger partial charge in [-0.25, -0.2) is 4.98 Å². The van der Waals surface area contributed by atoms with Gasteiger partial charge in [0.05, 0.1) is 11.5 Å². The molecule has 0 radical (unpaired) electrons. The number of hydrogen-bond donors (Lipinski definition) is 3. The number of hydrogen-bond acceptors (Lipinski definition) is 6. The van der Waals surface area contributed by atoms with E-state index in [1.807, 2.05) is 20.8 Å². The minimum absolute atomic E-state index is 0.0333. The van der Waals surface area contributed by atoms with E-state index >= 15 is 0 Å². The van der Waals surface area contributed by atoms with Gasteiger partial charge < -0.3 is 20.0 Å². The molecule has 1 aromatic heterocycles. The van der Waals surface area contributed by atoms with Gasteiger partial charge in [0.15, 0.2) is 13.4 Å². The standard InChI is InChI=1S/C19H36N2O4SSi/c1-12(2)19(6,7)27(8,9)25-15(13(23)11-22)14-10-20-17(26-14)21-16(24)18(3,4)5/h10,12-13,15,22-23H,11H2,1-9H3,(H,20,21,24)/t13-,15+/m1/s1. The van der Waals surface area contributed by atoms with Gasteiger partial charge in [-0.2, -0.15) is 0 Å². The SMILES string of the molecule is CC(C)C(C)(C)[Si](C)(C)O[C@H](c1cnc(NC(=O)C(C)(C)C)s1)[C@H](O)CO. The van der Waals surface area contributed by atoms with Crippen molar-refractivity contribution in [2.45, 2.75) is 78.8 Å². The van der Waals surface area contributed by atoms with Gasteiger partial charge in [-0.15, -0.1) is 0 Å². The number of nitrogens with zero attached hydrogens (tertiary/aromatic N) is 1. The topological polar surface area (TPSA) is 91.7 Å². The summed E-state index contributed by atoms with van der Waals surface area (Å²) in [6.07, 6.45) is -0.113. The molecule has 0 spiro atoms. The Balaban J connectivity index is 3.11. The third-order valence-corrected chi connectivity index (χ3v) is 11.2. The van der Waals surface area contributed by atoms with Crippen molar-refractivity contribution in [3.8, 4) is 0 Å². The Morgan fingerprint density at radius 2 is 1.85 bits per heavy atom. The monoisotopic (exact) mass is 416 g/mol. The number of aliphatic hydroxyl groups excluding tert-OH is 2. The lowest BCUT2D eigenvalue weighted by Gasteiger charge is -2.44. The fourth-order valence-electron chi connectivity index (χ4n) is 2.35. The molecule has 3 N–H and O–H groups in total. The number of nitrogens with one attached hydrogen (secondary N) is 1. The molecule has 6 nitrogen and oxygen atoms in total. The molecular formula is C19H36N2O4SSi. The average molecular weight is 417 g/mol. The Kier molecular flexibility index (Phi) is 7.80. The van der Waals surface area contributed by atoms with Crippen LogP contribution in [0.25, 0.3) is 0 Å². The van der Waals surface area contributed by atoms with Crippen molar-refractivity contribution in [2.75, 3.05) is 11.9 Å². The summed E-state index contributed by atoms with van der Waals surface area (Å²) in [6.45, 7) is 18.1. The molecule has 8 heteroatoms. The molecule has 156 valence electrons. The highest BCUT2D eigenvalue weighted by Gasteiger charge is 2.46. The maximum absolute atomic E-state index is 12.2. The first-order valence-electron chi connectivity index (χ1n) is 9.37. The molecule has 1 heterocycles. The van der Waals surface area contributed by atoms with Crippen LogP contribution in [-0.4, -0.2) is 42.1 Å². The summed E-state index contributed by atoms with van der Waals surface area (Å²) in [5, 5.41) is 23.2. The van der Waals surface area contributed by atoms with Gasteiger partial charge in [0.1, 0.15) is 12.2 Å². The van der Waals surface area contributed by atoms with Crippen LogP contribution in [0.3, 0.4) is 0 Å². The summed E-state index contributed by atoms with van der Waals surface area (Å²) in [6, 6.07) is 0. The lowest BCUT2D eigenvalue weighted by Crippen LogP contribution is -2.47. The number of thiazole rings is 1. The lowest BCUT2D eigenvalue weighted by molar-refractivity contribution is -0.123. The van der Waals surface area contributed by atoms with Gasteiger partial charge in [-0.1, -0.05) is 59.8 Å². The van der Waals surface area contributed by atoms with Gasteiger partial charge in [0.25, 0.3) is 0 Å². The van der Waals surface area contributed by atoms with Crippen LogP contribution in [0.1, 0.15) is 59.4 Å². The second-order valence-electron chi connectivity index (χ2n) is 9.45. The molecule has 1 amide bonds. The molecule has 1 rings (SSSR count). The third-order valence-electron chi connectivity index (χ3n) is 5.66. The van der Waals surface area contributed by atoms with Crippen LogP contribution >= 0.6 is 11.3 Å². The predicted molar refractivity (Wildman–Crippen MR) is 113 cm³/mol. The zero-order valence-electron chi connectivity index (χ0n) is 18.1. The van der Waals surface area contributed by atoms with Gasteiger partial charge >= 0.3 is 0 Å². The van der Waals surface area contributed by atoms with Gasteiger partial charge in [0.2, 0.25) is 5.91 Å². The van der Waals surface area contributed by atoms with Gasteiger partial charge in [-0.05, 0) is 24.1 Å². The Bertz CT molecular complexity index is 638. The van der Waals surface area contributed by atoms with Crippen molar-refractivity contribution in [1.29, 1.82) is 0 Å². The Morgan fingerprint density at radius 3 is 2.30 bits per heavy atom. The van der Waals surface area contributed by atoms with Crippen molar-refractivity contribution >= 4 is 30.7 Å². The number of carbonyl (C=O) groups is 1. The number of rotatable bonds is 8. The first-order chi connectivity index (χ1) is 12.1. The van der Waals surface area contributed by atoms with Crippen LogP contribution in [0.4, 0.5) is 5.13 Å². The number of amides is 1. The minimum atomic E-state index is -2.25. The molecule has 0 aliphatic carbocycles. The van der Waals surface area contributed by atoms with E-state index < -0.39 is 32.5 Å². The molecule has 0 aliphatic rings. The number of carbonyl (C=O) groups excluding carboxylic acids is 1. The quantitative estimate of drug-likeness (QED) is 0.553. The molecule has 0 aromatic carbocycles. The van der Waals surface area contributed by atoms with Crippen molar-refractivity contribution in [3.05, 3.63) is 11.1 Å². The van der Waals surface area contributed by atoms with Crippen LogP contribution < -0.4 is 5.32 Å². The smallest absolute Gasteiger partial charge is 0.231 e. The molecule has 0 saturated carbocycles. The van der Waals surface area contributed by atoms with Crippen molar-refractivity contribution in [3.63, 3.8) is 0 Å². The predicted octanol–water partition coefficient (Wildman–Crippen LogP) is 4.18. The second-order valence-corrected chi connectivity index (χ2v) is 15.1. The first-order valence-corrected chi connectivity index (χ1v) is 13.1. The molecule has 0 unspecified atom stereocenters. The third kappa shape index (κ3) is 5.84. The molecule has 27 heavy (non-hydrogen) atoms. The van der Waals surface area contributed by atoms with Crippen LogP contribution in [0, 0.1) is 11.3 Å². The van der Waals surface area contributed by atoms with Crippen molar-refractivity contribution in [2.24, 2.45) is 11.3 Å². The summed E-state index contributed by atoms with van der Waals surface area (Å²) in [7, 11) is -2.25. The summed E-state index contributed by atoms with van der Waals surface area (Å²) in [5.74, 6) is 0.286. The Hall–Kier alpha value is -0.803. The highest BCUT2D eigenvalue weighted by Crippen LogP contribution is 2.47. The highest BCUT2D eigenvalue weighted by atomic mass is 32.1.